The van der Waals surface area contributed by atoms with Crippen molar-refractivity contribution in [2.24, 2.45) is 30.5 Å². The topological polar surface area (TPSA) is 195 Å². The molecule has 41 heavy (non-hydrogen) atoms. The van der Waals surface area contributed by atoms with Crippen molar-refractivity contribution >= 4 is 23.3 Å². The van der Waals surface area contributed by atoms with E-state index in [0.717, 1.165) is 5.69 Å². The van der Waals surface area contributed by atoms with Gasteiger partial charge < -0.3 is 36.0 Å². The number of aromatic hydroxyl groups is 1. The number of amides is 1. The summed E-state index contributed by atoms with van der Waals surface area (Å²) >= 11 is 0. The fourth-order valence-corrected chi connectivity index (χ4v) is 7.03. The van der Waals surface area contributed by atoms with Crippen LogP contribution in [-0.4, -0.2) is 91.5 Å². The second kappa shape index (κ2) is 10.2. The molecule has 0 saturated heterocycles. The van der Waals surface area contributed by atoms with Gasteiger partial charge in [-0.3, -0.25) is 24.1 Å². The van der Waals surface area contributed by atoms with Gasteiger partial charge in [0.1, 0.15) is 23.2 Å². The van der Waals surface area contributed by atoms with Crippen LogP contribution in [0.15, 0.2) is 41.8 Å². The van der Waals surface area contributed by atoms with Crippen LogP contribution in [0.1, 0.15) is 38.4 Å². The van der Waals surface area contributed by atoms with Crippen molar-refractivity contribution in [3.8, 4) is 5.75 Å². The number of aromatic nitrogens is 1. The largest absolute Gasteiger partial charge is 0.508 e. The summed E-state index contributed by atoms with van der Waals surface area (Å²) in [5, 5.41) is 48.0. The third-order valence-corrected chi connectivity index (χ3v) is 8.99. The fraction of sp³-hybridized carbons (Fsp3) is 0.448. The van der Waals surface area contributed by atoms with Gasteiger partial charge in [0, 0.05) is 37.0 Å². The van der Waals surface area contributed by atoms with Gasteiger partial charge in [0.15, 0.2) is 23.0 Å². The lowest BCUT2D eigenvalue weighted by Crippen LogP contribution is -2.69. The molecule has 1 saturated carbocycles. The van der Waals surface area contributed by atoms with Crippen LogP contribution in [0.2, 0.25) is 0 Å². The van der Waals surface area contributed by atoms with Crippen molar-refractivity contribution in [2.45, 2.75) is 37.1 Å². The van der Waals surface area contributed by atoms with Gasteiger partial charge in [-0.15, -0.1) is 0 Å². The van der Waals surface area contributed by atoms with E-state index in [9.17, 15) is 39.6 Å². The quantitative estimate of drug-likeness (QED) is 0.189. The Hall–Kier alpha value is -3.84. The van der Waals surface area contributed by atoms with E-state index in [2.05, 4.69) is 5.32 Å². The number of nitrogens with zero attached hydrogens (tertiary/aromatic N) is 2. The van der Waals surface area contributed by atoms with E-state index in [-0.39, 0.29) is 42.0 Å². The second-order valence-electron chi connectivity index (χ2n) is 11.5. The van der Waals surface area contributed by atoms with E-state index >= 15 is 0 Å². The molecule has 12 nitrogen and oxygen atoms in total. The molecule has 7 N–H and O–H groups in total. The Morgan fingerprint density at radius 3 is 2.49 bits per heavy atom. The Labute approximate surface area is 236 Å². The van der Waals surface area contributed by atoms with Crippen LogP contribution < -0.4 is 11.1 Å². The highest BCUT2D eigenvalue weighted by Crippen LogP contribution is 2.53. The highest BCUT2D eigenvalue weighted by molar-refractivity contribution is 6.22. The molecule has 218 valence electrons. The zero-order valence-corrected chi connectivity index (χ0v) is 23.0. The molecular formula is C29H34N4O8. The van der Waals surface area contributed by atoms with Crippen LogP contribution in [-0.2, 0) is 29.6 Å². The Balaban J connectivity index is 1.52. The first-order valence-electron chi connectivity index (χ1n) is 13.4. The maximum absolute atomic E-state index is 13.9. The number of hydrogen-bond donors (Lipinski definition) is 6. The predicted octanol–water partition coefficient (Wildman–Crippen LogP) is -0.403. The van der Waals surface area contributed by atoms with Crippen LogP contribution >= 0.6 is 0 Å². The number of fused-ring (bicyclic) bond motifs is 3. The number of nitrogens with two attached hydrogens (primary N) is 1. The summed E-state index contributed by atoms with van der Waals surface area (Å²) in [5.74, 6) is -7.50. The van der Waals surface area contributed by atoms with Gasteiger partial charge in [0.05, 0.1) is 24.1 Å². The summed E-state index contributed by atoms with van der Waals surface area (Å²) in [6, 6.07) is 5.40. The third-order valence-electron chi connectivity index (χ3n) is 8.99. The zero-order valence-electron chi connectivity index (χ0n) is 23.0. The number of hydrogen-bond acceptors (Lipinski definition) is 10. The molecule has 12 heteroatoms. The molecule has 1 aromatic heterocycles. The minimum absolute atomic E-state index is 0.00310. The summed E-state index contributed by atoms with van der Waals surface area (Å²) in [6.45, 7) is 0.414. The predicted molar refractivity (Wildman–Crippen MR) is 145 cm³/mol. The van der Waals surface area contributed by atoms with Gasteiger partial charge in [0.2, 0.25) is 0 Å². The van der Waals surface area contributed by atoms with E-state index in [1.807, 2.05) is 29.9 Å². The number of aryl methyl sites for hydroxylation is 1. The number of nitrogens with one attached hydrogen (secondary N) is 1. The van der Waals surface area contributed by atoms with Crippen molar-refractivity contribution in [3.63, 3.8) is 0 Å². The molecule has 1 aromatic carbocycles. The van der Waals surface area contributed by atoms with Crippen molar-refractivity contribution in [1.82, 2.24) is 14.8 Å². The smallest absolute Gasteiger partial charge is 0.255 e. The van der Waals surface area contributed by atoms with Crippen molar-refractivity contribution in [3.05, 3.63) is 64.2 Å². The molecule has 2 aromatic rings. The number of carbonyl (C=O) groups is 4. The molecule has 0 spiro atoms. The zero-order chi connectivity index (χ0) is 30.0. The van der Waals surface area contributed by atoms with E-state index < -0.39 is 64.3 Å². The first-order valence-corrected chi connectivity index (χ1v) is 13.4. The number of aliphatic hydroxyl groups is 3. The van der Waals surface area contributed by atoms with Gasteiger partial charge in [0.25, 0.3) is 5.91 Å². The number of benzene rings is 1. The number of phenolic OH excluding ortho intramolecular Hbond substituents is 1. The van der Waals surface area contributed by atoms with Crippen LogP contribution in [0.3, 0.4) is 0 Å². The Kier molecular flexibility index (Phi) is 7.14. The highest BCUT2D eigenvalue weighted by Gasteiger charge is 2.66. The molecule has 3 aliphatic rings. The van der Waals surface area contributed by atoms with E-state index in [1.54, 1.807) is 14.1 Å². The molecule has 1 heterocycles. The van der Waals surface area contributed by atoms with Gasteiger partial charge in [-0.2, -0.15) is 0 Å². The fourth-order valence-electron chi connectivity index (χ4n) is 7.03. The maximum atomic E-state index is 13.9. The van der Waals surface area contributed by atoms with E-state index in [0.29, 0.717) is 12.1 Å². The minimum atomic E-state index is -2.52. The summed E-state index contributed by atoms with van der Waals surface area (Å²) in [7, 11) is 5.00. The molecule has 0 aliphatic heterocycles. The lowest BCUT2D eigenvalue weighted by molar-refractivity contribution is -0.183. The van der Waals surface area contributed by atoms with E-state index in [4.69, 9.17) is 5.73 Å². The summed E-state index contributed by atoms with van der Waals surface area (Å²) in [4.78, 5) is 54.0. The molecule has 1 fully saturated rings. The van der Waals surface area contributed by atoms with Gasteiger partial charge in [-0.25, -0.2) is 0 Å². The summed E-state index contributed by atoms with van der Waals surface area (Å²) in [5.41, 5.74) is 3.46. The lowest BCUT2D eigenvalue weighted by atomic mass is 9.53. The lowest BCUT2D eigenvalue weighted by Gasteiger charge is -2.55. The third kappa shape index (κ3) is 4.29. The average Bonchev–Trinajstić information content (AvgIpc) is 3.30. The molecule has 2 unspecified atom stereocenters. The molecule has 6 atom stereocenters. The Morgan fingerprint density at radius 2 is 1.88 bits per heavy atom. The number of ketones is 3. The molecular weight excluding hydrogens is 532 g/mol. The van der Waals surface area contributed by atoms with Crippen LogP contribution in [0.4, 0.5) is 0 Å². The number of rotatable bonds is 7. The van der Waals surface area contributed by atoms with Gasteiger partial charge in [-0.1, -0.05) is 0 Å². The molecule has 0 bridgehead atoms. The van der Waals surface area contributed by atoms with Crippen molar-refractivity contribution in [1.29, 1.82) is 0 Å². The molecule has 3 aliphatic carbocycles. The molecule has 0 radical (unpaired) electrons. The van der Waals surface area contributed by atoms with Crippen LogP contribution in [0.5, 0.6) is 5.75 Å². The van der Waals surface area contributed by atoms with Crippen LogP contribution in [0, 0.1) is 17.8 Å². The normalized spacial score (nSPS) is 29.3. The number of carbonyl (C=O) groups excluding carboxylic acids is 4. The molecule has 1 amide bonds. The second-order valence-corrected chi connectivity index (χ2v) is 11.5. The Bertz CT molecular complexity index is 1490. The van der Waals surface area contributed by atoms with E-state index in [1.165, 1.54) is 17.0 Å². The first kappa shape index (κ1) is 28.7. The maximum Gasteiger partial charge on any atom is 0.255 e. The van der Waals surface area contributed by atoms with Gasteiger partial charge >= 0.3 is 0 Å². The van der Waals surface area contributed by atoms with Gasteiger partial charge in [-0.05, 0) is 62.7 Å². The average molecular weight is 567 g/mol. The number of phenols is 1. The standard InChI is InChI=1S/C29H34N4O8/c1-32(2)23-17-10-13-9-16-15(19(35)12-31-11-14-5-4-8-33(14)3)6-7-18(34)21(16)24(36)20(13)26(38)29(17,41)27(39)22(25(23)37)28(30)40/h4-8,13,17,20,23,26,31,34,38-39,41H,9-12H2,1-3H3,(H2,30,40)/t13-,17-,20?,23-,26?,29-/m0/s1. The van der Waals surface area contributed by atoms with Crippen molar-refractivity contribution in [2.75, 3.05) is 20.6 Å². The summed E-state index contributed by atoms with van der Waals surface area (Å²) in [6.07, 6.45) is 0.0669. The van der Waals surface area contributed by atoms with Crippen LogP contribution in [0.25, 0.3) is 0 Å². The molecule has 5 rings (SSSR count). The number of aliphatic hydroxyl groups excluding tert-OH is 2. The Morgan fingerprint density at radius 1 is 1.17 bits per heavy atom. The van der Waals surface area contributed by atoms with Crippen molar-refractivity contribution < 1.29 is 39.6 Å². The SMILES string of the molecule is CN(C)[C@@H]1C(=O)C(C(N)=O)=C(O)[C@@]2(O)C(O)C3C(=O)c4c(O)ccc(C(=O)CNCc5cccn5C)c4C[C@H]3C[C@@H]12. The number of likely N-dealkylation sites (N-methyl/N-ethyl adjacent to an activating group) is 1. The monoisotopic (exact) mass is 566 g/mol. The minimum Gasteiger partial charge on any atom is -0.508 e. The highest BCUT2D eigenvalue weighted by atomic mass is 16.4. The summed E-state index contributed by atoms with van der Waals surface area (Å²) < 4.78 is 1.92. The first-order chi connectivity index (χ1) is 19.3. The number of Topliss-reactive ketones (excluding diaryl/α,β-unsaturated/α-hetero) is 3. The number of primary amides is 1.